The number of nitrogens with zero attached hydrogens (tertiary/aromatic N) is 3. The Labute approximate surface area is 146 Å². The molecule has 1 spiro atoms. The summed E-state index contributed by atoms with van der Waals surface area (Å²) in [5.74, 6) is 0. The highest BCUT2D eigenvalue weighted by Crippen LogP contribution is 2.39. The fourth-order valence-corrected chi connectivity index (χ4v) is 4.97. The number of piperidine rings is 1. The van der Waals surface area contributed by atoms with Gasteiger partial charge in [-0.25, -0.2) is 4.79 Å². The highest BCUT2D eigenvalue weighted by molar-refractivity contribution is 7.19. The lowest BCUT2D eigenvalue weighted by Gasteiger charge is -2.38. The summed E-state index contributed by atoms with van der Waals surface area (Å²) in [5.41, 5.74) is 0.503. The average Bonchev–Trinajstić information content (AvgIpc) is 3.31. The summed E-state index contributed by atoms with van der Waals surface area (Å²) < 4.78 is 0. The van der Waals surface area contributed by atoms with Crippen LogP contribution >= 0.6 is 11.3 Å². The minimum absolute atomic E-state index is 0.153. The van der Waals surface area contributed by atoms with Crippen molar-refractivity contribution in [3.8, 4) is 0 Å². The molecule has 2 saturated heterocycles. The topological polar surface area (TPSA) is 82.2 Å². The van der Waals surface area contributed by atoms with Gasteiger partial charge in [0.2, 0.25) is 10.3 Å². The lowest BCUT2D eigenvalue weighted by molar-refractivity contribution is 0.247. The van der Waals surface area contributed by atoms with Gasteiger partial charge in [-0.2, -0.15) is 0 Å². The first-order valence-electron chi connectivity index (χ1n) is 9.09. The second kappa shape index (κ2) is 6.84. The molecule has 2 amide bonds. The molecule has 1 aromatic rings. The van der Waals surface area contributed by atoms with Gasteiger partial charge in [-0.15, -0.1) is 10.2 Å². The molecule has 2 aliphatic heterocycles. The predicted molar refractivity (Wildman–Crippen MR) is 95.7 cm³/mol. The minimum Gasteiger partial charge on any atom is -0.347 e. The lowest BCUT2D eigenvalue weighted by Crippen LogP contribution is -2.41. The van der Waals surface area contributed by atoms with Crippen LogP contribution in [0.15, 0.2) is 0 Å². The maximum Gasteiger partial charge on any atom is 0.321 e. The zero-order chi connectivity index (χ0) is 16.4. The van der Waals surface area contributed by atoms with Gasteiger partial charge in [0.25, 0.3) is 0 Å². The number of hydrogen-bond acceptors (Lipinski definition) is 6. The largest absolute Gasteiger partial charge is 0.347 e. The van der Waals surface area contributed by atoms with Crippen molar-refractivity contribution in [3.05, 3.63) is 0 Å². The molecule has 0 bridgehead atoms. The van der Waals surface area contributed by atoms with Crippen LogP contribution in [0.2, 0.25) is 0 Å². The van der Waals surface area contributed by atoms with E-state index in [9.17, 15) is 4.79 Å². The molecule has 24 heavy (non-hydrogen) atoms. The monoisotopic (exact) mass is 350 g/mol. The molecule has 7 nitrogen and oxygen atoms in total. The molecule has 132 valence electrons. The van der Waals surface area contributed by atoms with Gasteiger partial charge in [-0.05, 0) is 44.1 Å². The Morgan fingerprint density at radius 2 is 2.00 bits per heavy atom. The third kappa shape index (κ3) is 3.49. The Balaban J connectivity index is 1.29. The second-order valence-electron chi connectivity index (χ2n) is 7.38. The minimum atomic E-state index is -0.153. The van der Waals surface area contributed by atoms with Crippen molar-refractivity contribution in [3.63, 3.8) is 0 Å². The van der Waals surface area contributed by atoms with Crippen LogP contribution in [0.4, 0.5) is 15.1 Å². The summed E-state index contributed by atoms with van der Waals surface area (Å²) in [6.45, 7) is 4.38. The normalized spacial score (nSPS) is 23.8. The second-order valence-corrected chi connectivity index (χ2v) is 8.34. The summed E-state index contributed by atoms with van der Waals surface area (Å²) in [7, 11) is 0. The molecule has 3 fully saturated rings. The van der Waals surface area contributed by atoms with Gasteiger partial charge < -0.3 is 15.5 Å². The molecule has 1 aromatic heterocycles. The first-order valence-corrected chi connectivity index (χ1v) is 9.91. The number of amides is 2. The van der Waals surface area contributed by atoms with Crippen molar-refractivity contribution < 1.29 is 4.79 Å². The lowest BCUT2D eigenvalue weighted by atomic mass is 9.78. The number of hydrogen-bond donors (Lipinski definition) is 3. The number of aromatic nitrogens is 2. The molecule has 3 aliphatic rings. The third-order valence-electron chi connectivity index (χ3n) is 5.75. The highest BCUT2D eigenvalue weighted by atomic mass is 32.1. The summed E-state index contributed by atoms with van der Waals surface area (Å²) in [4.78, 5) is 14.3. The SMILES string of the molecule is O=C(Nc1nnc(N2CCC3(CCNC3)CC2)s1)NC1CCCC1. The maximum absolute atomic E-state index is 12.0. The van der Waals surface area contributed by atoms with E-state index in [4.69, 9.17) is 0 Å². The maximum atomic E-state index is 12.0. The Kier molecular flexibility index (Phi) is 4.58. The molecule has 0 aromatic carbocycles. The predicted octanol–water partition coefficient (Wildman–Crippen LogP) is 2.18. The van der Waals surface area contributed by atoms with Gasteiger partial charge in [0, 0.05) is 25.7 Å². The summed E-state index contributed by atoms with van der Waals surface area (Å²) >= 11 is 1.47. The smallest absolute Gasteiger partial charge is 0.321 e. The summed E-state index contributed by atoms with van der Waals surface area (Å²) in [6, 6.07) is 0.162. The molecule has 0 atom stereocenters. The van der Waals surface area contributed by atoms with Crippen LogP contribution in [0.1, 0.15) is 44.9 Å². The fourth-order valence-electron chi connectivity index (χ4n) is 4.18. The number of urea groups is 1. The van der Waals surface area contributed by atoms with E-state index in [1.165, 1.54) is 43.4 Å². The zero-order valence-corrected chi connectivity index (χ0v) is 14.8. The standard InChI is InChI=1S/C16H26N6OS/c23-13(18-12-3-1-2-4-12)19-14-20-21-15(24-14)22-9-6-16(7-10-22)5-8-17-11-16/h12,17H,1-11H2,(H2,18,19,20,23). The van der Waals surface area contributed by atoms with Gasteiger partial charge in [0.1, 0.15) is 0 Å². The van der Waals surface area contributed by atoms with Crippen LogP contribution in [0.25, 0.3) is 0 Å². The number of rotatable bonds is 3. The van der Waals surface area contributed by atoms with Crippen LogP contribution < -0.4 is 20.9 Å². The number of carbonyl (C=O) groups is 1. The van der Waals surface area contributed by atoms with Crippen LogP contribution in [0.3, 0.4) is 0 Å². The molecule has 1 saturated carbocycles. The van der Waals surface area contributed by atoms with E-state index in [0.29, 0.717) is 16.6 Å². The van der Waals surface area contributed by atoms with Crippen LogP contribution in [-0.4, -0.2) is 48.4 Å². The van der Waals surface area contributed by atoms with Crippen LogP contribution in [-0.2, 0) is 0 Å². The van der Waals surface area contributed by atoms with E-state index in [0.717, 1.165) is 44.2 Å². The van der Waals surface area contributed by atoms with Gasteiger partial charge >= 0.3 is 6.03 Å². The molecule has 0 radical (unpaired) electrons. The molecular formula is C16H26N6OS. The van der Waals surface area contributed by atoms with E-state index in [1.54, 1.807) is 0 Å². The van der Waals surface area contributed by atoms with Crippen molar-refractivity contribution in [2.24, 2.45) is 5.41 Å². The molecule has 1 aliphatic carbocycles. The van der Waals surface area contributed by atoms with Crippen molar-refractivity contribution in [2.45, 2.75) is 51.0 Å². The van der Waals surface area contributed by atoms with Crippen LogP contribution in [0.5, 0.6) is 0 Å². The van der Waals surface area contributed by atoms with E-state index in [1.807, 2.05) is 0 Å². The first kappa shape index (κ1) is 16.1. The average molecular weight is 350 g/mol. The van der Waals surface area contributed by atoms with Gasteiger partial charge in [-0.3, -0.25) is 5.32 Å². The first-order chi connectivity index (χ1) is 11.7. The highest BCUT2D eigenvalue weighted by Gasteiger charge is 2.37. The number of anilines is 2. The Morgan fingerprint density at radius 1 is 1.21 bits per heavy atom. The number of nitrogens with one attached hydrogen (secondary N) is 3. The summed E-state index contributed by atoms with van der Waals surface area (Å²) in [6.07, 6.45) is 8.30. The molecule has 8 heteroatoms. The van der Waals surface area contributed by atoms with E-state index in [-0.39, 0.29) is 6.03 Å². The molecule has 3 heterocycles. The number of carbonyl (C=O) groups excluding carboxylic acids is 1. The van der Waals surface area contributed by atoms with Crippen molar-refractivity contribution >= 4 is 27.6 Å². The molecule has 3 N–H and O–H groups in total. The van der Waals surface area contributed by atoms with Gasteiger partial charge in [-0.1, -0.05) is 24.2 Å². The van der Waals surface area contributed by atoms with E-state index in [2.05, 4.69) is 31.0 Å². The quantitative estimate of drug-likeness (QED) is 0.778. The molecule has 0 unspecified atom stereocenters. The Morgan fingerprint density at radius 3 is 2.71 bits per heavy atom. The van der Waals surface area contributed by atoms with E-state index < -0.39 is 0 Å². The van der Waals surface area contributed by atoms with Gasteiger partial charge in [0.05, 0.1) is 0 Å². The molecule has 4 rings (SSSR count). The Hall–Kier alpha value is -1.41. The molecular weight excluding hydrogens is 324 g/mol. The third-order valence-corrected chi connectivity index (χ3v) is 6.65. The van der Waals surface area contributed by atoms with Gasteiger partial charge in [0.15, 0.2) is 0 Å². The van der Waals surface area contributed by atoms with Crippen molar-refractivity contribution in [1.82, 2.24) is 20.8 Å². The van der Waals surface area contributed by atoms with Crippen molar-refractivity contribution in [2.75, 3.05) is 36.4 Å². The zero-order valence-electron chi connectivity index (χ0n) is 14.0. The Bertz CT molecular complexity index is 569. The van der Waals surface area contributed by atoms with E-state index >= 15 is 0 Å². The fraction of sp³-hybridized carbons (Fsp3) is 0.812. The van der Waals surface area contributed by atoms with Crippen molar-refractivity contribution in [1.29, 1.82) is 0 Å². The summed E-state index contributed by atoms with van der Waals surface area (Å²) in [5, 5.41) is 19.3. The van der Waals surface area contributed by atoms with Crippen LogP contribution in [0, 0.1) is 5.41 Å².